The predicted octanol–water partition coefficient (Wildman–Crippen LogP) is 5.15. The van der Waals surface area contributed by atoms with Crippen LogP contribution in [0.15, 0.2) is 48.5 Å². The molecule has 0 atom stereocenters. The maximum absolute atomic E-state index is 4.60. The number of nitrogens with zero attached hydrogens (tertiary/aromatic N) is 2. The molecule has 0 saturated heterocycles. The summed E-state index contributed by atoms with van der Waals surface area (Å²) in [5.74, 6) is 0. The van der Waals surface area contributed by atoms with Crippen molar-refractivity contribution >= 4 is 63.4 Å². The van der Waals surface area contributed by atoms with Crippen LogP contribution in [0.25, 0.3) is 22.4 Å². The molecule has 0 bridgehead atoms. The SMILES string of the molecule is CN(C)c1ccc(C=Cc2nc3ccccc3s2)cc1.I. The zero-order chi connectivity index (χ0) is 13.9. The van der Waals surface area contributed by atoms with E-state index in [4.69, 9.17) is 0 Å². The Morgan fingerprint density at radius 1 is 0.952 bits per heavy atom. The zero-order valence-electron chi connectivity index (χ0n) is 12.0. The molecule has 3 aromatic rings. The molecule has 0 amide bonds. The molecule has 0 aliphatic carbocycles. The van der Waals surface area contributed by atoms with Crippen LogP contribution in [0.1, 0.15) is 10.6 Å². The number of halogens is 1. The van der Waals surface area contributed by atoms with Crippen molar-refractivity contribution in [1.82, 2.24) is 4.98 Å². The van der Waals surface area contributed by atoms with Gasteiger partial charge in [-0.25, -0.2) is 4.98 Å². The summed E-state index contributed by atoms with van der Waals surface area (Å²) in [5.41, 5.74) is 3.47. The lowest BCUT2D eigenvalue weighted by Gasteiger charge is -2.11. The number of thiazole rings is 1. The van der Waals surface area contributed by atoms with Gasteiger partial charge in [0.15, 0.2) is 0 Å². The van der Waals surface area contributed by atoms with Gasteiger partial charge in [-0.15, -0.1) is 35.3 Å². The maximum atomic E-state index is 4.60. The fourth-order valence-corrected chi connectivity index (χ4v) is 2.88. The molecule has 0 aliphatic heterocycles. The number of hydrogen-bond donors (Lipinski definition) is 0. The smallest absolute Gasteiger partial charge is 0.117 e. The Hall–Kier alpha value is -1.40. The maximum Gasteiger partial charge on any atom is 0.117 e. The third-order valence-electron chi connectivity index (χ3n) is 3.14. The topological polar surface area (TPSA) is 16.1 Å². The highest BCUT2D eigenvalue weighted by molar-refractivity contribution is 14.0. The van der Waals surface area contributed by atoms with Gasteiger partial charge in [0, 0.05) is 19.8 Å². The Labute approximate surface area is 146 Å². The molecule has 0 radical (unpaired) electrons. The highest BCUT2D eigenvalue weighted by Gasteiger charge is 1.99. The Morgan fingerprint density at radius 2 is 1.67 bits per heavy atom. The van der Waals surface area contributed by atoms with E-state index in [1.54, 1.807) is 11.3 Å². The summed E-state index contributed by atoms with van der Waals surface area (Å²) in [6.45, 7) is 0. The number of anilines is 1. The fraction of sp³-hybridized carbons (Fsp3) is 0.118. The Bertz CT molecular complexity index is 712. The zero-order valence-corrected chi connectivity index (χ0v) is 15.1. The summed E-state index contributed by atoms with van der Waals surface area (Å²) in [4.78, 5) is 6.70. The standard InChI is InChI=1S/C17H16N2S.HI/c1-19(2)14-10-7-13(8-11-14)9-12-17-18-15-5-3-4-6-16(15)20-17;/h3-12H,1-2H3;1H. The van der Waals surface area contributed by atoms with E-state index in [1.807, 2.05) is 26.2 Å². The van der Waals surface area contributed by atoms with E-state index in [1.165, 1.54) is 16.0 Å². The first-order valence-electron chi connectivity index (χ1n) is 6.53. The largest absolute Gasteiger partial charge is 0.378 e. The van der Waals surface area contributed by atoms with Gasteiger partial charge in [0.25, 0.3) is 0 Å². The van der Waals surface area contributed by atoms with Crippen LogP contribution in [0, 0.1) is 0 Å². The summed E-state index contributed by atoms with van der Waals surface area (Å²) in [6, 6.07) is 16.7. The molecule has 108 valence electrons. The number of benzene rings is 2. The summed E-state index contributed by atoms with van der Waals surface area (Å²) in [6.07, 6.45) is 4.19. The Kier molecular flexibility index (Phi) is 5.36. The summed E-state index contributed by atoms with van der Waals surface area (Å²) in [5, 5.41) is 1.04. The third kappa shape index (κ3) is 3.83. The number of para-hydroxylation sites is 1. The van der Waals surface area contributed by atoms with Gasteiger partial charge < -0.3 is 4.90 Å². The van der Waals surface area contributed by atoms with E-state index in [2.05, 4.69) is 58.4 Å². The van der Waals surface area contributed by atoms with E-state index < -0.39 is 0 Å². The van der Waals surface area contributed by atoms with Crippen molar-refractivity contribution in [3.8, 4) is 0 Å². The molecule has 1 aromatic heterocycles. The van der Waals surface area contributed by atoms with Gasteiger partial charge in [-0.1, -0.05) is 30.3 Å². The molecular formula is C17H17IN2S. The minimum Gasteiger partial charge on any atom is -0.378 e. The fourth-order valence-electron chi connectivity index (χ4n) is 2.01. The molecule has 0 fully saturated rings. The van der Waals surface area contributed by atoms with Crippen LogP contribution in [0.2, 0.25) is 0 Å². The van der Waals surface area contributed by atoms with E-state index in [9.17, 15) is 0 Å². The average Bonchev–Trinajstić information content (AvgIpc) is 2.88. The first-order valence-corrected chi connectivity index (χ1v) is 7.35. The summed E-state index contributed by atoms with van der Waals surface area (Å²) < 4.78 is 1.23. The lowest BCUT2D eigenvalue weighted by molar-refractivity contribution is 1.13. The molecular weight excluding hydrogens is 391 g/mol. The quantitative estimate of drug-likeness (QED) is 0.558. The van der Waals surface area contributed by atoms with Crippen LogP contribution in [-0.4, -0.2) is 19.1 Å². The van der Waals surface area contributed by atoms with Crippen molar-refractivity contribution in [2.75, 3.05) is 19.0 Å². The highest BCUT2D eigenvalue weighted by atomic mass is 127. The monoisotopic (exact) mass is 408 g/mol. The van der Waals surface area contributed by atoms with Crippen molar-refractivity contribution < 1.29 is 0 Å². The summed E-state index contributed by atoms with van der Waals surface area (Å²) in [7, 11) is 4.10. The molecule has 21 heavy (non-hydrogen) atoms. The second-order valence-corrected chi connectivity index (χ2v) is 5.90. The van der Waals surface area contributed by atoms with Gasteiger partial charge in [-0.2, -0.15) is 0 Å². The minimum atomic E-state index is 0. The molecule has 2 aromatic carbocycles. The number of aromatic nitrogens is 1. The molecule has 2 nitrogen and oxygen atoms in total. The van der Waals surface area contributed by atoms with Crippen LogP contribution >= 0.6 is 35.3 Å². The van der Waals surface area contributed by atoms with E-state index >= 15 is 0 Å². The predicted molar refractivity (Wildman–Crippen MR) is 105 cm³/mol. The van der Waals surface area contributed by atoms with Crippen molar-refractivity contribution in [2.45, 2.75) is 0 Å². The van der Waals surface area contributed by atoms with Crippen LogP contribution < -0.4 is 4.90 Å². The van der Waals surface area contributed by atoms with Crippen molar-refractivity contribution in [1.29, 1.82) is 0 Å². The van der Waals surface area contributed by atoms with Gasteiger partial charge in [0.2, 0.25) is 0 Å². The normalized spacial score (nSPS) is 10.8. The number of rotatable bonds is 3. The van der Waals surface area contributed by atoms with Crippen molar-refractivity contribution in [2.24, 2.45) is 0 Å². The lowest BCUT2D eigenvalue weighted by atomic mass is 10.2. The molecule has 4 heteroatoms. The Morgan fingerprint density at radius 3 is 2.33 bits per heavy atom. The average molecular weight is 408 g/mol. The second kappa shape index (κ2) is 7.04. The van der Waals surface area contributed by atoms with Crippen molar-refractivity contribution in [3.63, 3.8) is 0 Å². The van der Waals surface area contributed by atoms with Gasteiger partial charge in [0.05, 0.1) is 10.2 Å². The third-order valence-corrected chi connectivity index (χ3v) is 4.14. The van der Waals surface area contributed by atoms with Crippen LogP contribution in [0.4, 0.5) is 5.69 Å². The van der Waals surface area contributed by atoms with Crippen LogP contribution in [0.3, 0.4) is 0 Å². The Balaban J connectivity index is 0.00000161. The van der Waals surface area contributed by atoms with Crippen molar-refractivity contribution in [3.05, 3.63) is 59.1 Å². The highest BCUT2D eigenvalue weighted by Crippen LogP contribution is 2.23. The van der Waals surface area contributed by atoms with Gasteiger partial charge >= 0.3 is 0 Å². The lowest BCUT2D eigenvalue weighted by Crippen LogP contribution is -2.07. The van der Waals surface area contributed by atoms with Gasteiger partial charge in [0.1, 0.15) is 5.01 Å². The van der Waals surface area contributed by atoms with Crippen LogP contribution in [0.5, 0.6) is 0 Å². The second-order valence-electron chi connectivity index (χ2n) is 4.84. The van der Waals surface area contributed by atoms with E-state index in [0.717, 1.165) is 10.5 Å². The number of hydrogen-bond acceptors (Lipinski definition) is 3. The first kappa shape index (κ1) is 16.0. The number of fused-ring (bicyclic) bond motifs is 1. The van der Waals surface area contributed by atoms with Gasteiger partial charge in [-0.3, -0.25) is 0 Å². The molecule has 1 heterocycles. The van der Waals surface area contributed by atoms with Gasteiger partial charge in [-0.05, 0) is 35.9 Å². The molecule has 0 spiro atoms. The minimum absolute atomic E-state index is 0. The molecule has 0 N–H and O–H groups in total. The summed E-state index contributed by atoms with van der Waals surface area (Å²) >= 11 is 1.72. The molecule has 0 aliphatic rings. The van der Waals surface area contributed by atoms with Crippen LogP contribution in [-0.2, 0) is 0 Å². The van der Waals surface area contributed by atoms with E-state index in [0.29, 0.717) is 0 Å². The molecule has 3 rings (SSSR count). The van der Waals surface area contributed by atoms with E-state index in [-0.39, 0.29) is 24.0 Å². The molecule has 0 saturated carbocycles. The molecule has 0 unspecified atom stereocenters. The first-order chi connectivity index (χ1) is 9.72.